The first-order valence-corrected chi connectivity index (χ1v) is 4.16. The van der Waals surface area contributed by atoms with Crippen molar-refractivity contribution in [2.75, 3.05) is 0 Å². The van der Waals surface area contributed by atoms with Gasteiger partial charge in [-0.3, -0.25) is 4.79 Å². The predicted molar refractivity (Wildman–Crippen MR) is 38.5 cm³/mol. The fourth-order valence-corrected chi connectivity index (χ4v) is 2.05. The van der Waals surface area contributed by atoms with E-state index >= 15 is 0 Å². The van der Waals surface area contributed by atoms with Gasteiger partial charge in [0.25, 0.3) is 0 Å². The summed E-state index contributed by atoms with van der Waals surface area (Å²) in [4.78, 5) is 11.1. The van der Waals surface area contributed by atoms with E-state index in [9.17, 15) is 4.79 Å². The molecule has 2 atom stereocenters. The summed E-state index contributed by atoms with van der Waals surface area (Å²) in [6.45, 7) is 0. The third-order valence-corrected chi connectivity index (χ3v) is 2.64. The van der Waals surface area contributed by atoms with Crippen LogP contribution in [0.4, 0.5) is 0 Å². The number of amides is 1. The fraction of sp³-hybridized carbons (Fsp3) is 0.875. The van der Waals surface area contributed by atoms with E-state index in [0.29, 0.717) is 17.9 Å². The molecule has 1 amide bonds. The zero-order valence-corrected chi connectivity index (χ0v) is 6.10. The van der Waals surface area contributed by atoms with Gasteiger partial charge in [-0.15, -0.1) is 0 Å². The van der Waals surface area contributed by atoms with Crippen LogP contribution >= 0.6 is 0 Å². The van der Waals surface area contributed by atoms with Gasteiger partial charge in [0.1, 0.15) is 0 Å². The maximum atomic E-state index is 11.1. The Labute approximate surface area is 61.0 Å². The average Bonchev–Trinajstić information content (AvgIpc) is 2.18. The summed E-state index contributed by atoms with van der Waals surface area (Å²) < 4.78 is 0. The van der Waals surface area contributed by atoms with Gasteiger partial charge in [0.15, 0.2) is 0 Å². The quantitative estimate of drug-likeness (QED) is 0.534. The molecule has 0 aromatic rings. The fourth-order valence-electron chi connectivity index (χ4n) is 2.05. The van der Waals surface area contributed by atoms with E-state index in [4.69, 9.17) is 0 Å². The van der Waals surface area contributed by atoms with E-state index in [1.165, 1.54) is 19.3 Å². The van der Waals surface area contributed by atoms with Crippen LogP contribution in [-0.2, 0) is 4.79 Å². The minimum atomic E-state index is 0.310. The van der Waals surface area contributed by atoms with Crippen LogP contribution in [0.15, 0.2) is 0 Å². The molecule has 2 aliphatic rings. The van der Waals surface area contributed by atoms with Gasteiger partial charge >= 0.3 is 0 Å². The first-order chi connectivity index (χ1) is 4.86. The highest BCUT2D eigenvalue weighted by molar-refractivity contribution is 5.81. The molecule has 1 aliphatic carbocycles. The molecule has 0 radical (unpaired) electrons. The lowest BCUT2D eigenvalue weighted by atomic mass is 10.0. The molecule has 2 bridgehead atoms. The summed E-state index contributed by atoms with van der Waals surface area (Å²) in [7, 11) is 0. The Bertz CT molecular complexity index is 155. The van der Waals surface area contributed by atoms with Crippen molar-refractivity contribution in [3.63, 3.8) is 0 Å². The Kier molecular flexibility index (Phi) is 1.40. The molecule has 1 heterocycles. The highest BCUT2D eigenvalue weighted by atomic mass is 16.2. The lowest BCUT2D eigenvalue weighted by molar-refractivity contribution is -0.122. The first kappa shape index (κ1) is 6.20. The second-order valence-corrected chi connectivity index (χ2v) is 3.42. The van der Waals surface area contributed by atoms with Gasteiger partial charge in [-0.05, 0) is 19.3 Å². The summed E-state index contributed by atoms with van der Waals surface area (Å²) in [5, 5.41) is 3.02. The van der Waals surface area contributed by atoms with Crippen LogP contribution in [0, 0.1) is 5.92 Å². The first-order valence-electron chi connectivity index (χ1n) is 4.16. The molecule has 1 saturated heterocycles. The molecule has 2 rings (SSSR count). The molecule has 2 heteroatoms. The lowest BCUT2D eigenvalue weighted by Crippen LogP contribution is -2.27. The summed E-state index contributed by atoms with van der Waals surface area (Å²) in [6, 6.07) is 0.528. The van der Waals surface area contributed by atoms with E-state index in [-0.39, 0.29) is 0 Å². The van der Waals surface area contributed by atoms with Crippen molar-refractivity contribution in [1.82, 2.24) is 5.32 Å². The summed E-state index contributed by atoms with van der Waals surface area (Å²) in [5.74, 6) is 0.678. The van der Waals surface area contributed by atoms with Crippen LogP contribution in [0.1, 0.15) is 32.1 Å². The van der Waals surface area contributed by atoms with Crippen LogP contribution in [-0.4, -0.2) is 11.9 Å². The Morgan fingerprint density at radius 1 is 1.30 bits per heavy atom. The number of rotatable bonds is 0. The van der Waals surface area contributed by atoms with E-state index in [1.54, 1.807) is 0 Å². The molecule has 56 valence electrons. The van der Waals surface area contributed by atoms with Crippen LogP contribution < -0.4 is 5.32 Å². The van der Waals surface area contributed by atoms with E-state index in [1.807, 2.05) is 0 Å². The zero-order valence-electron chi connectivity index (χ0n) is 6.10. The normalized spacial score (nSPS) is 39.0. The molecule has 2 nitrogen and oxygen atoms in total. The standard InChI is InChI=1S/C8H13NO/c10-8-6-3-1-2-4-7(5-6)9-8/h6-7H,1-5H2,(H,9,10). The highest BCUT2D eigenvalue weighted by Crippen LogP contribution is 2.28. The third kappa shape index (κ3) is 0.917. The predicted octanol–water partition coefficient (Wildman–Crippen LogP) is 1.07. The maximum absolute atomic E-state index is 11.1. The lowest BCUT2D eigenvalue weighted by Gasteiger charge is -2.08. The van der Waals surface area contributed by atoms with Gasteiger partial charge in [0.2, 0.25) is 5.91 Å². The van der Waals surface area contributed by atoms with E-state index < -0.39 is 0 Å². The number of hydrogen-bond donors (Lipinski definition) is 1. The molecule has 2 unspecified atom stereocenters. The van der Waals surface area contributed by atoms with Crippen LogP contribution in [0.2, 0.25) is 0 Å². The minimum Gasteiger partial charge on any atom is -0.353 e. The van der Waals surface area contributed by atoms with Gasteiger partial charge in [-0.25, -0.2) is 0 Å². The number of fused-ring (bicyclic) bond motifs is 2. The Morgan fingerprint density at radius 3 is 3.00 bits per heavy atom. The highest BCUT2D eigenvalue weighted by Gasteiger charge is 2.32. The molecule has 0 aromatic heterocycles. The van der Waals surface area contributed by atoms with Gasteiger partial charge in [-0.1, -0.05) is 12.8 Å². The van der Waals surface area contributed by atoms with E-state index in [2.05, 4.69) is 5.32 Å². The molecule has 0 aromatic carbocycles. The monoisotopic (exact) mass is 139 g/mol. The number of nitrogens with one attached hydrogen (secondary N) is 1. The molecule has 1 aliphatic heterocycles. The zero-order chi connectivity index (χ0) is 6.97. The second kappa shape index (κ2) is 2.26. The molecular formula is C8H13NO. The largest absolute Gasteiger partial charge is 0.353 e. The summed E-state index contributed by atoms with van der Waals surface area (Å²) in [5.41, 5.74) is 0. The van der Waals surface area contributed by atoms with Crippen molar-refractivity contribution >= 4 is 5.91 Å². The smallest absolute Gasteiger partial charge is 0.223 e. The van der Waals surface area contributed by atoms with Gasteiger partial charge < -0.3 is 5.32 Å². The molecule has 1 saturated carbocycles. The second-order valence-electron chi connectivity index (χ2n) is 3.42. The van der Waals surface area contributed by atoms with Crippen LogP contribution in [0.3, 0.4) is 0 Å². The third-order valence-electron chi connectivity index (χ3n) is 2.64. The topological polar surface area (TPSA) is 29.1 Å². The van der Waals surface area contributed by atoms with Crippen LogP contribution in [0.5, 0.6) is 0 Å². The van der Waals surface area contributed by atoms with Crippen molar-refractivity contribution in [1.29, 1.82) is 0 Å². The molecule has 1 N–H and O–H groups in total. The SMILES string of the molecule is O=C1NC2CCCCC1C2. The maximum Gasteiger partial charge on any atom is 0.223 e. The van der Waals surface area contributed by atoms with Gasteiger partial charge in [0.05, 0.1) is 0 Å². The minimum absolute atomic E-state index is 0.310. The number of carbonyl (C=O) groups excluding carboxylic acids is 1. The number of carbonyl (C=O) groups is 1. The molecule has 0 spiro atoms. The van der Waals surface area contributed by atoms with Crippen molar-refractivity contribution in [3.8, 4) is 0 Å². The van der Waals surface area contributed by atoms with Crippen molar-refractivity contribution in [2.45, 2.75) is 38.1 Å². The summed E-state index contributed by atoms with van der Waals surface area (Å²) in [6.07, 6.45) is 6.01. The van der Waals surface area contributed by atoms with E-state index in [0.717, 1.165) is 12.8 Å². The van der Waals surface area contributed by atoms with Crippen molar-refractivity contribution in [3.05, 3.63) is 0 Å². The molecule has 10 heavy (non-hydrogen) atoms. The van der Waals surface area contributed by atoms with Gasteiger partial charge in [-0.2, -0.15) is 0 Å². The molecule has 2 fully saturated rings. The Hall–Kier alpha value is -0.530. The Morgan fingerprint density at radius 2 is 2.10 bits per heavy atom. The van der Waals surface area contributed by atoms with Crippen molar-refractivity contribution in [2.24, 2.45) is 5.92 Å². The van der Waals surface area contributed by atoms with Crippen LogP contribution in [0.25, 0.3) is 0 Å². The number of hydrogen-bond acceptors (Lipinski definition) is 1. The van der Waals surface area contributed by atoms with Gasteiger partial charge in [0, 0.05) is 12.0 Å². The summed E-state index contributed by atoms with van der Waals surface area (Å²) >= 11 is 0. The molecular weight excluding hydrogens is 126 g/mol. The average molecular weight is 139 g/mol. The van der Waals surface area contributed by atoms with Crippen molar-refractivity contribution < 1.29 is 4.79 Å². The Balaban J connectivity index is 2.09.